The third-order valence-corrected chi connectivity index (χ3v) is 7.36. The molecule has 0 radical (unpaired) electrons. The normalized spacial score (nSPS) is 15.5. The number of carbonyl (C=O) groups is 3. The molecule has 3 rings (SSSR count). The van der Waals surface area contributed by atoms with Crippen molar-refractivity contribution in [3.63, 3.8) is 0 Å². The maximum Gasteiger partial charge on any atom is 0.253 e. The van der Waals surface area contributed by atoms with Crippen molar-refractivity contribution in [2.24, 2.45) is 5.92 Å². The average Bonchev–Trinajstić information content (AvgIpc) is 2.95. The lowest BCUT2D eigenvalue weighted by Gasteiger charge is -2.31. The Morgan fingerprint density at radius 1 is 0.976 bits per heavy atom. The van der Waals surface area contributed by atoms with Gasteiger partial charge in [0.2, 0.25) is 5.91 Å². The Morgan fingerprint density at radius 2 is 1.57 bits per heavy atom. The summed E-state index contributed by atoms with van der Waals surface area (Å²) in [6.45, 7) is 10.5. The number of nitrogens with one attached hydrogen (secondary N) is 1. The van der Waals surface area contributed by atoms with Gasteiger partial charge in [-0.05, 0) is 74.1 Å². The minimum absolute atomic E-state index is 0.0273. The van der Waals surface area contributed by atoms with E-state index in [2.05, 4.69) is 5.32 Å². The van der Waals surface area contributed by atoms with Crippen LogP contribution in [-0.4, -0.2) is 84.2 Å². The molecule has 42 heavy (non-hydrogen) atoms. The first-order valence-corrected chi connectivity index (χ1v) is 14.7. The first kappa shape index (κ1) is 33.1. The van der Waals surface area contributed by atoms with Gasteiger partial charge in [0, 0.05) is 49.3 Å². The summed E-state index contributed by atoms with van der Waals surface area (Å²) in [6.07, 6.45) is 0.364. The van der Waals surface area contributed by atoms with E-state index >= 15 is 0 Å². The molecule has 1 heterocycles. The number of morpholine rings is 1. The molecule has 0 aliphatic carbocycles. The molecule has 0 spiro atoms. The molecule has 2 N–H and O–H groups in total. The van der Waals surface area contributed by atoms with Gasteiger partial charge in [-0.3, -0.25) is 14.4 Å². The lowest BCUT2D eigenvalue weighted by molar-refractivity contribution is -0.140. The van der Waals surface area contributed by atoms with Gasteiger partial charge in [-0.2, -0.15) is 0 Å². The van der Waals surface area contributed by atoms with Crippen molar-refractivity contribution in [1.82, 2.24) is 15.1 Å². The van der Waals surface area contributed by atoms with Crippen LogP contribution in [0.1, 0.15) is 71.9 Å². The third-order valence-electron chi connectivity index (χ3n) is 7.36. The van der Waals surface area contributed by atoms with E-state index in [1.165, 1.54) is 6.07 Å². The molecule has 3 atom stereocenters. The highest BCUT2D eigenvalue weighted by Crippen LogP contribution is 2.19. The highest BCUT2D eigenvalue weighted by Gasteiger charge is 2.30. The second-order valence-electron chi connectivity index (χ2n) is 11.1. The fourth-order valence-corrected chi connectivity index (χ4v) is 5.32. The first-order valence-electron chi connectivity index (χ1n) is 14.7. The Morgan fingerprint density at radius 3 is 2.17 bits per heavy atom. The molecule has 1 aliphatic rings. The van der Waals surface area contributed by atoms with Gasteiger partial charge in [-0.15, -0.1) is 0 Å². The van der Waals surface area contributed by atoms with E-state index in [9.17, 15) is 28.3 Å². The number of rotatable bonds is 13. The Bertz CT molecular complexity index is 1210. The fourth-order valence-electron chi connectivity index (χ4n) is 5.32. The second kappa shape index (κ2) is 15.7. The van der Waals surface area contributed by atoms with Gasteiger partial charge in [0.15, 0.2) is 0 Å². The number of hydrogen-bond donors (Lipinski definition) is 2. The zero-order valence-electron chi connectivity index (χ0n) is 25.0. The van der Waals surface area contributed by atoms with E-state index < -0.39 is 35.6 Å². The molecule has 8 nitrogen and oxygen atoms in total. The van der Waals surface area contributed by atoms with Crippen molar-refractivity contribution in [2.45, 2.75) is 65.5 Å². The summed E-state index contributed by atoms with van der Waals surface area (Å²) in [5.41, 5.74) is 1.58. The third kappa shape index (κ3) is 9.32. The highest BCUT2D eigenvalue weighted by molar-refractivity contribution is 6.00. The summed E-state index contributed by atoms with van der Waals surface area (Å²) in [4.78, 5) is 43.2. The molecule has 1 aliphatic heterocycles. The minimum atomic E-state index is -1.20. The molecule has 0 bridgehead atoms. The van der Waals surface area contributed by atoms with Crippen molar-refractivity contribution in [1.29, 1.82) is 0 Å². The predicted octanol–water partition coefficient (Wildman–Crippen LogP) is 4.12. The van der Waals surface area contributed by atoms with E-state index in [-0.39, 0.29) is 35.8 Å². The van der Waals surface area contributed by atoms with Crippen LogP contribution in [0.3, 0.4) is 0 Å². The van der Waals surface area contributed by atoms with Gasteiger partial charge < -0.3 is 25.0 Å². The van der Waals surface area contributed by atoms with Gasteiger partial charge in [-0.25, -0.2) is 8.78 Å². The highest BCUT2D eigenvalue weighted by atomic mass is 19.1. The van der Waals surface area contributed by atoms with Crippen LogP contribution >= 0.6 is 0 Å². The number of aliphatic hydroxyl groups excluding tert-OH is 1. The molecule has 3 amide bonds. The van der Waals surface area contributed by atoms with Crippen LogP contribution in [0.2, 0.25) is 0 Å². The van der Waals surface area contributed by atoms with Crippen molar-refractivity contribution in [3.05, 3.63) is 70.3 Å². The quantitative estimate of drug-likeness (QED) is 0.368. The second-order valence-corrected chi connectivity index (χ2v) is 11.1. The zero-order valence-corrected chi connectivity index (χ0v) is 25.0. The Balaban J connectivity index is 1.84. The van der Waals surface area contributed by atoms with Crippen molar-refractivity contribution < 1.29 is 33.0 Å². The van der Waals surface area contributed by atoms with E-state index in [4.69, 9.17) is 4.74 Å². The van der Waals surface area contributed by atoms with Crippen LogP contribution in [0.25, 0.3) is 0 Å². The maximum atomic E-state index is 14.0. The summed E-state index contributed by atoms with van der Waals surface area (Å²) < 4.78 is 33.3. The topological polar surface area (TPSA) is 99.2 Å². The van der Waals surface area contributed by atoms with E-state index in [0.29, 0.717) is 50.5 Å². The van der Waals surface area contributed by atoms with Gasteiger partial charge in [0.1, 0.15) is 11.6 Å². The Hall–Kier alpha value is -3.37. The van der Waals surface area contributed by atoms with Gasteiger partial charge >= 0.3 is 0 Å². The Kier molecular flexibility index (Phi) is 12.4. The lowest BCUT2D eigenvalue weighted by atomic mass is 9.92. The van der Waals surface area contributed by atoms with Crippen LogP contribution in [0, 0.1) is 24.5 Å². The predicted molar refractivity (Wildman–Crippen MR) is 156 cm³/mol. The number of ether oxygens (including phenoxy) is 1. The number of hydrogen-bond acceptors (Lipinski definition) is 5. The minimum Gasteiger partial charge on any atom is -0.391 e. The summed E-state index contributed by atoms with van der Waals surface area (Å²) in [5, 5.41) is 14.1. The van der Waals surface area contributed by atoms with Crippen LogP contribution in [-0.2, 0) is 16.0 Å². The maximum absolute atomic E-state index is 14.0. The largest absolute Gasteiger partial charge is 0.391 e. The summed E-state index contributed by atoms with van der Waals surface area (Å²) in [5.74, 6) is -2.95. The molecule has 2 aromatic carbocycles. The molecular weight excluding hydrogens is 544 g/mol. The van der Waals surface area contributed by atoms with Gasteiger partial charge in [-0.1, -0.05) is 20.8 Å². The number of halogens is 2. The standard InChI is InChI=1S/C32H43F2N3O5/c1-5-7-36(8-6-2)32(41)25-14-21(3)13-24(19-25)30(39)35-28(18-23-16-26(33)20-27(34)17-23)29(38)15-22(4)31(40)37-9-11-42-12-10-37/h13-14,16-17,19-20,22,28-29,38H,5-12,15,18H2,1-4H3,(H,35,39)/t22-,28+,29+/m1/s1. The fraction of sp³-hybridized carbons (Fsp3) is 0.531. The zero-order chi connectivity index (χ0) is 30.8. The number of carbonyl (C=O) groups excluding carboxylic acids is 3. The van der Waals surface area contributed by atoms with Crippen LogP contribution < -0.4 is 5.32 Å². The molecule has 0 unspecified atom stereocenters. The number of benzene rings is 2. The van der Waals surface area contributed by atoms with E-state index in [1.807, 2.05) is 13.8 Å². The van der Waals surface area contributed by atoms with Gasteiger partial charge in [0.25, 0.3) is 11.8 Å². The Labute approximate surface area is 247 Å². The lowest BCUT2D eigenvalue weighted by Crippen LogP contribution is -2.48. The molecule has 10 heteroatoms. The number of aliphatic hydroxyl groups is 1. The van der Waals surface area contributed by atoms with Crippen molar-refractivity contribution >= 4 is 17.7 Å². The molecule has 0 aromatic heterocycles. The smallest absolute Gasteiger partial charge is 0.253 e. The summed E-state index contributed by atoms with van der Waals surface area (Å²) in [6, 6.07) is 6.99. The molecular formula is C32H43F2N3O5. The SMILES string of the molecule is CCCN(CCC)C(=O)c1cc(C)cc(C(=O)N[C@@H](Cc2cc(F)cc(F)c2)[C@@H](O)C[C@@H](C)C(=O)N2CCOCC2)c1. The average molecular weight is 588 g/mol. The van der Waals surface area contributed by atoms with Gasteiger partial charge in [0.05, 0.1) is 25.4 Å². The number of aryl methyl sites for hydroxylation is 1. The summed E-state index contributed by atoms with van der Waals surface area (Å²) in [7, 11) is 0. The molecule has 1 saturated heterocycles. The molecule has 2 aromatic rings. The first-order chi connectivity index (χ1) is 20.0. The van der Waals surface area contributed by atoms with Crippen molar-refractivity contribution in [3.8, 4) is 0 Å². The molecule has 1 fully saturated rings. The number of nitrogens with zero attached hydrogens (tertiary/aromatic N) is 2. The van der Waals surface area contributed by atoms with E-state index in [1.54, 1.807) is 35.8 Å². The monoisotopic (exact) mass is 587 g/mol. The van der Waals surface area contributed by atoms with Crippen LogP contribution in [0.4, 0.5) is 8.78 Å². The summed E-state index contributed by atoms with van der Waals surface area (Å²) >= 11 is 0. The molecule has 0 saturated carbocycles. The van der Waals surface area contributed by atoms with Crippen LogP contribution in [0.5, 0.6) is 0 Å². The van der Waals surface area contributed by atoms with Crippen LogP contribution in [0.15, 0.2) is 36.4 Å². The van der Waals surface area contributed by atoms with Crippen molar-refractivity contribution in [2.75, 3.05) is 39.4 Å². The van der Waals surface area contributed by atoms with E-state index in [0.717, 1.165) is 31.0 Å². The number of amides is 3. The molecule has 230 valence electrons.